The Morgan fingerprint density at radius 1 is 1.33 bits per heavy atom. The van der Waals surface area contributed by atoms with Crippen molar-refractivity contribution < 1.29 is 98.1 Å². The van der Waals surface area contributed by atoms with Crippen LogP contribution in [0, 0.1) is 11.7 Å². The molecule has 0 saturated carbocycles. The molecule has 0 bridgehead atoms. The van der Waals surface area contributed by atoms with Crippen LogP contribution in [0.5, 0.6) is 0 Å². The first kappa shape index (κ1) is 18.4. The van der Waals surface area contributed by atoms with E-state index in [1.807, 2.05) is 11.8 Å². The predicted molar refractivity (Wildman–Crippen MR) is 30.5 cm³/mol. The number of thioether (sulfide) groups is 1. The van der Waals surface area contributed by atoms with Crippen molar-refractivity contribution in [2.75, 3.05) is 5.75 Å². The van der Waals surface area contributed by atoms with Crippen LogP contribution in [-0.4, -0.2) is 5.75 Å². The van der Waals surface area contributed by atoms with Crippen molar-refractivity contribution in [3.8, 4) is 0 Å². The van der Waals surface area contributed by atoms with Gasteiger partial charge in [-0.15, -0.1) is 0 Å². The smallest absolute Gasteiger partial charge is 0 e. The van der Waals surface area contributed by atoms with Crippen molar-refractivity contribution in [2.24, 2.45) is 5.92 Å². The van der Waals surface area contributed by atoms with Crippen LogP contribution in [0.2, 0.25) is 0 Å². The standard InChI is InChI=1S/C5H9S.3Y/c1-5-2-3-6-4-5;;;/h3,5H,2,4H2,1H3;;;/q-1;;;. The van der Waals surface area contributed by atoms with Crippen LogP contribution >= 0.6 is 11.8 Å². The monoisotopic (exact) mass is 368 g/mol. The van der Waals surface area contributed by atoms with Crippen molar-refractivity contribution in [2.45, 2.75) is 13.3 Å². The first-order valence-corrected chi connectivity index (χ1v) is 3.38. The van der Waals surface area contributed by atoms with Crippen LogP contribution < -0.4 is 0 Å². The number of hydrogen-bond donors (Lipinski definition) is 0. The summed E-state index contributed by atoms with van der Waals surface area (Å²) in [5.74, 6) is 4.60. The maximum Gasteiger partial charge on any atom is 0 e. The molecule has 9 heavy (non-hydrogen) atoms. The second-order valence-corrected chi connectivity index (χ2v) is 2.84. The molecule has 1 heterocycles. The Hall–Kier alpha value is 3.66. The topological polar surface area (TPSA) is 0 Å². The zero-order valence-corrected chi connectivity index (χ0v) is 15.0. The summed E-state index contributed by atoms with van der Waals surface area (Å²) in [5, 5.41) is 0. The molecule has 0 aliphatic carbocycles. The van der Waals surface area contributed by atoms with E-state index in [9.17, 15) is 0 Å². The fourth-order valence-corrected chi connectivity index (χ4v) is 1.60. The fourth-order valence-electron chi connectivity index (χ4n) is 0.533. The van der Waals surface area contributed by atoms with Crippen molar-refractivity contribution in [1.29, 1.82) is 0 Å². The summed E-state index contributed by atoms with van der Waals surface area (Å²) in [7, 11) is 0. The van der Waals surface area contributed by atoms with Gasteiger partial charge in [0.15, 0.2) is 0 Å². The third-order valence-corrected chi connectivity index (χ3v) is 2.19. The second-order valence-electron chi connectivity index (χ2n) is 1.84. The summed E-state index contributed by atoms with van der Waals surface area (Å²) >= 11 is 1.96. The average molecular weight is 368 g/mol. The molecule has 1 unspecified atom stereocenters. The predicted octanol–water partition coefficient (Wildman–Crippen LogP) is 1.91. The van der Waals surface area contributed by atoms with E-state index in [0.29, 0.717) is 0 Å². The van der Waals surface area contributed by atoms with E-state index in [1.165, 1.54) is 12.2 Å². The van der Waals surface area contributed by atoms with Crippen LogP contribution in [-0.2, 0) is 98.1 Å². The van der Waals surface area contributed by atoms with Crippen molar-refractivity contribution in [3.05, 3.63) is 5.75 Å². The van der Waals surface area contributed by atoms with Gasteiger partial charge in [0.25, 0.3) is 0 Å². The van der Waals surface area contributed by atoms with Crippen LogP contribution in [0.3, 0.4) is 0 Å². The van der Waals surface area contributed by atoms with Gasteiger partial charge in [0.05, 0.1) is 0 Å². The Balaban J connectivity index is -0.000000120. The van der Waals surface area contributed by atoms with Gasteiger partial charge in [0.2, 0.25) is 0 Å². The molecule has 4 heteroatoms. The minimum absolute atomic E-state index is 0. The molecule has 0 aromatic carbocycles. The van der Waals surface area contributed by atoms with Gasteiger partial charge in [-0.1, -0.05) is 12.8 Å². The molecule has 0 aromatic rings. The number of rotatable bonds is 0. The Kier molecular flexibility index (Phi) is 23.9. The van der Waals surface area contributed by atoms with E-state index < -0.39 is 0 Å². The maximum absolute atomic E-state index is 2.30. The zero-order valence-electron chi connectivity index (χ0n) is 5.71. The quantitative estimate of drug-likeness (QED) is 0.589. The molecule has 0 aromatic heterocycles. The first-order chi connectivity index (χ1) is 2.89. The molecule has 1 aliphatic rings. The minimum atomic E-state index is 0. The molecule has 1 saturated heterocycles. The number of hydrogen-bond acceptors (Lipinski definition) is 1. The molecular weight excluding hydrogens is 359 g/mol. The maximum atomic E-state index is 2.30. The molecule has 0 nitrogen and oxygen atoms in total. The third-order valence-electron chi connectivity index (χ3n) is 0.997. The summed E-state index contributed by atoms with van der Waals surface area (Å²) in [5.41, 5.74) is 0. The molecule has 1 rings (SSSR count). The molecule has 0 amide bonds. The van der Waals surface area contributed by atoms with E-state index in [2.05, 4.69) is 12.7 Å². The van der Waals surface area contributed by atoms with E-state index >= 15 is 0 Å². The molecule has 1 aliphatic heterocycles. The van der Waals surface area contributed by atoms with Gasteiger partial charge in [0, 0.05) is 98.1 Å². The van der Waals surface area contributed by atoms with Gasteiger partial charge in [-0.3, -0.25) is 5.75 Å². The van der Waals surface area contributed by atoms with Crippen LogP contribution in [0.15, 0.2) is 0 Å². The summed E-state index contributed by atoms with van der Waals surface area (Å²) < 4.78 is 0. The zero-order chi connectivity index (χ0) is 4.41. The minimum Gasteiger partial charge on any atom is -0.351 e. The SMILES string of the molecule is CC1C[CH-]SC1.[Y].[Y].[Y]. The molecule has 0 spiro atoms. The molecule has 1 atom stereocenters. The summed E-state index contributed by atoms with van der Waals surface area (Å²) in [6, 6.07) is 0. The van der Waals surface area contributed by atoms with E-state index in [0.717, 1.165) is 5.92 Å². The Morgan fingerprint density at radius 3 is 2.00 bits per heavy atom. The summed E-state index contributed by atoms with van der Waals surface area (Å²) in [6.45, 7) is 2.29. The Morgan fingerprint density at radius 2 is 1.89 bits per heavy atom. The van der Waals surface area contributed by atoms with Crippen molar-refractivity contribution in [3.63, 3.8) is 0 Å². The van der Waals surface area contributed by atoms with Gasteiger partial charge in [-0.25, -0.2) is 0 Å². The molecular formula is C5H9SY3-. The molecule has 3 radical (unpaired) electrons. The van der Waals surface area contributed by atoms with Crippen molar-refractivity contribution in [1.82, 2.24) is 0 Å². The van der Waals surface area contributed by atoms with Gasteiger partial charge in [0.1, 0.15) is 0 Å². The van der Waals surface area contributed by atoms with Crippen molar-refractivity contribution >= 4 is 11.8 Å². The third kappa shape index (κ3) is 9.58. The van der Waals surface area contributed by atoms with Gasteiger partial charge in [-0.2, -0.15) is 6.42 Å². The van der Waals surface area contributed by atoms with Gasteiger partial charge >= 0.3 is 0 Å². The van der Waals surface area contributed by atoms with E-state index in [-0.39, 0.29) is 98.1 Å². The summed E-state index contributed by atoms with van der Waals surface area (Å²) in [4.78, 5) is 0. The molecule has 45 valence electrons. The average Bonchev–Trinajstić information content (AvgIpc) is 1.86. The normalized spacial score (nSPS) is 23.0. The second kappa shape index (κ2) is 11.7. The largest absolute Gasteiger partial charge is 0.351 e. The van der Waals surface area contributed by atoms with Crippen LogP contribution in [0.4, 0.5) is 0 Å². The van der Waals surface area contributed by atoms with E-state index in [1.54, 1.807) is 0 Å². The van der Waals surface area contributed by atoms with Gasteiger partial charge < -0.3 is 11.8 Å². The Labute approximate surface area is 137 Å². The van der Waals surface area contributed by atoms with Crippen LogP contribution in [0.25, 0.3) is 0 Å². The Bertz CT molecular complexity index is 45.5. The molecule has 0 N–H and O–H groups in total. The first-order valence-electron chi connectivity index (χ1n) is 2.33. The van der Waals surface area contributed by atoms with Crippen LogP contribution in [0.1, 0.15) is 13.3 Å². The fraction of sp³-hybridized carbons (Fsp3) is 0.800. The van der Waals surface area contributed by atoms with Gasteiger partial charge in [-0.05, 0) is 5.75 Å². The van der Waals surface area contributed by atoms with E-state index in [4.69, 9.17) is 0 Å². The summed E-state index contributed by atoms with van der Waals surface area (Å²) in [6.07, 6.45) is 1.32. The molecule has 1 fully saturated rings.